The summed E-state index contributed by atoms with van der Waals surface area (Å²) >= 11 is 0. The standard InChI is InChI=1S/C20H19N5O3S/c1-13-9-18(28-3)19(10-14(13)2)29(26,27)24-16-6-4-5-15(11-16)17-7-8-20-22-21-12-25(20)23-17/h4-12,24H,1-3H3. The second-order valence-corrected chi connectivity index (χ2v) is 8.28. The molecule has 8 nitrogen and oxygen atoms in total. The molecular weight excluding hydrogens is 390 g/mol. The maximum Gasteiger partial charge on any atom is 0.265 e. The van der Waals surface area contributed by atoms with Crippen molar-refractivity contribution in [1.82, 2.24) is 19.8 Å². The number of ether oxygens (including phenoxy) is 1. The molecule has 29 heavy (non-hydrogen) atoms. The van der Waals surface area contributed by atoms with Crippen molar-refractivity contribution in [2.75, 3.05) is 11.8 Å². The average Bonchev–Trinajstić information content (AvgIpc) is 3.17. The molecule has 2 heterocycles. The van der Waals surface area contributed by atoms with E-state index in [2.05, 4.69) is 20.0 Å². The van der Waals surface area contributed by atoms with E-state index in [0.29, 0.717) is 22.8 Å². The van der Waals surface area contributed by atoms with E-state index in [1.54, 1.807) is 40.9 Å². The van der Waals surface area contributed by atoms with Crippen LogP contribution < -0.4 is 9.46 Å². The second kappa shape index (κ2) is 7.17. The van der Waals surface area contributed by atoms with Gasteiger partial charge in [0.2, 0.25) is 0 Å². The summed E-state index contributed by atoms with van der Waals surface area (Å²) < 4.78 is 35.5. The predicted molar refractivity (Wildman–Crippen MR) is 109 cm³/mol. The van der Waals surface area contributed by atoms with Crippen molar-refractivity contribution in [2.45, 2.75) is 18.7 Å². The van der Waals surface area contributed by atoms with Crippen molar-refractivity contribution in [2.24, 2.45) is 0 Å². The minimum atomic E-state index is -3.84. The van der Waals surface area contributed by atoms with Gasteiger partial charge >= 0.3 is 0 Å². The van der Waals surface area contributed by atoms with Crippen LogP contribution >= 0.6 is 0 Å². The van der Waals surface area contributed by atoms with E-state index >= 15 is 0 Å². The average molecular weight is 409 g/mol. The van der Waals surface area contributed by atoms with E-state index in [1.807, 2.05) is 26.0 Å². The van der Waals surface area contributed by atoms with Crippen LogP contribution in [0.15, 0.2) is 59.8 Å². The molecule has 4 rings (SSSR count). The molecule has 9 heteroatoms. The predicted octanol–water partition coefficient (Wildman–Crippen LogP) is 3.22. The Bertz CT molecular complexity index is 1310. The van der Waals surface area contributed by atoms with Crippen molar-refractivity contribution < 1.29 is 13.2 Å². The fourth-order valence-corrected chi connectivity index (χ4v) is 4.25. The van der Waals surface area contributed by atoms with Crippen LogP contribution in [-0.4, -0.2) is 35.3 Å². The van der Waals surface area contributed by atoms with E-state index in [0.717, 1.165) is 16.7 Å². The molecule has 148 valence electrons. The molecule has 0 radical (unpaired) electrons. The summed E-state index contributed by atoms with van der Waals surface area (Å²) in [6.07, 6.45) is 1.51. The van der Waals surface area contributed by atoms with Crippen LogP contribution in [0.4, 0.5) is 5.69 Å². The monoisotopic (exact) mass is 409 g/mol. The van der Waals surface area contributed by atoms with Crippen LogP contribution in [0.1, 0.15) is 11.1 Å². The van der Waals surface area contributed by atoms with E-state index in [9.17, 15) is 8.42 Å². The van der Waals surface area contributed by atoms with Crippen LogP contribution in [0.3, 0.4) is 0 Å². The van der Waals surface area contributed by atoms with E-state index in [-0.39, 0.29) is 4.90 Å². The summed E-state index contributed by atoms with van der Waals surface area (Å²) in [5, 5.41) is 12.2. The number of benzene rings is 2. The zero-order chi connectivity index (χ0) is 20.6. The molecule has 0 amide bonds. The third-order valence-electron chi connectivity index (χ3n) is 4.64. The number of nitrogens with zero attached hydrogens (tertiary/aromatic N) is 4. The summed E-state index contributed by atoms with van der Waals surface area (Å²) in [5.41, 5.74) is 4.31. The summed E-state index contributed by atoms with van der Waals surface area (Å²) in [7, 11) is -2.39. The van der Waals surface area contributed by atoms with Gasteiger partial charge in [-0.05, 0) is 61.4 Å². The molecule has 0 aliphatic carbocycles. The van der Waals surface area contributed by atoms with Crippen molar-refractivity contribution in [3.05, 3.63) is 66.0 Å². The number of aryl methyl sites for hydroxylation is 2. The lowest BCUT2D eigenvalue weighted by molar-refractivity contribution is 0.402. The lowest BCUT2D eigenvalue weighted by Crippen LogP contribution is -2.14. The van der Waals surface area contributed by atoms with Crippen LogP contribution in [0.5, 0.6) is 5.75 Å². The first-order valence-corrected chi connectivity index (χ1v) is 10.3. The molecule has 0 bridgehead atoms. The molecule has 0 saturated carbocycles. The highest BCUT2D eigenvalue weighted by Crippen LogP contribution is 2.30. The molecule has 1 N–H and O–H groups in total. The molecule has 2 aromatic heterocycles. The lowest BCUT2D eigenvalue weighted by atomic mass is 10.1. The van der Waals surface area contributed by atoms with Gasteiger partial charge in [-0.15, -0.1) is 10.2 Å². The number of anilines is 1. The van der Waals surface area contributed by atoms with Gasteiger partial charge < -0.3 is 4.74 Å². The van der Waals surface area contributed by atoms with Crippen LogP contribution in [0.25, 0.3) is 16.9 Å². The maximum atomic E-state index is 13.0. The van der Waals surface area contributed by atoms with Crippen LogP contribution in [0, 0.1) is 13.8 Å². The Morgan fingerprint density at radius 2 is 1.83 bits per heavy atom. The number of nitrogens with one attached hydrogen (secondary N) is 1. The summed E-state index contributed by atoms with van der Waals surface area (Å²) in [4.78, 5) is 0.0949. The highest BCUT2D eigenvalue weighted by Gasteiger charge is 2.21. The van der Waals surface area contributed by atoms with Crippen molar-refractivity contribution in [3.8, 4) is 17.0 Å². The van der Waals surface area contributed by atoms with Gasteiger partial charge in [0.1, 0.15) is 17.0 Å². The minimum absolute atomic E-state index is 0.0949. The number of methoxy groups -OCH3 is 1. The van der Waals surface area contributed by atoms with Crippen molar-refractivity contribution in [3.63, 3.8) is 0 Å². The number of hydrogen-bond acceptors (Lipinski definition) is 6. The normalized spacial score (nSPS) is 11.6. The molecule has 2 aromatic carbocycles. The Hall–Kier alpha value is -3.46. The van der Waals surface area contributed by atoms with E-state index in [1.165, 1.54) is 13.4 Å². The van der Waals surface area contributed by atoms with Gasteiger partial charge in [-0.3, -0.25) is 4.72 Å². The Morgan fingerprint density at radius 3 is 2.62 bits per heavy atom. The van der Waals surface area contributed by atoms with Crippen molar-refractivity contribution in [1.29, 1.82) is 0 Å². The number of rotatable bonds is 5. The SMILES string of the molecule is COc1cc(C)c(C)cc1S(=O)(=O)Nc1cccc(-c2ccc3nncn3n2)c1. The first kappa shape index (κ1) is 18.9. The third kappa shape index (κ3) is 3.64. The van der Waals surface area contributed by atoms with Gasteiger partial charge in [0.15, 0.2) is 5.65 Å². The van der Waals surface area contributed by atoms with Crippen LogP contribution in [-0.2, 0) is 10.0 Å². The van der Waals surface area contributed by atoms with Gasteiger partial charge in [0.05, 0.1) is 12.8 Å². The first-order chi connectivity index (χ1) is 13.9. The highest BCUT2D eigenvalue weighted by molar-refractivity contribution is 7.92. The van der Waals surface area contributed by atoms with E-state index < -0.39 is 10.0 Å². The Kier molecular flexibility index (Phi) is 4.67. The number of sulfonamides is 1. The molecule has 0 aliphatic heterocycles. The Balaban J connectivity index is 1.69. The van der Waals surface area contributed by atoms with Gasteiger partial charge in [-0.1, -0.05) is 12.1 Å². The molecule has 0 spiro atoms. The fourth-order valence-electron chi connectivity index (χ4n) is 2.97. The minimum Gasteiger partial charge on any atom is -0.495 e. The molecule has 0 saturated heterocycles. The summed E-state index contributed by atoms with van der Waals surface area (Å²) in [6.45, 7) is 3.77. The molecule has 4 aromatic rings. The highest BCUT2D eigenvalue weighted by atomic mass is 32.2. The molecule has 0 fully saturated rings. The third-order valence-corrected chi connectivity index (χ3v) is 6.04. The fraction of sp³-hybridized carbons (Fsp3) is 0.150. The number of hydrogen-bond donors (Lipinski definition) is 1. The van der Waals surface area contributed by atoms with Gasteiger partial charge in [0.25, 0.3) is 10.0 Å². The molecular formula is C20H19N5O3S. The smallest absolute Gasteiger partial charge is 0.265 e. The maximum absolute atomic E-state index is 13.0. The topological polar surface area (TPSA) is 98.5 Å². The largest absolute Gasteiger partial charge is 0.495 e. The van der Waals surface area contributed by atoms with Crippen molar-refractivity contribution >= 4 is 21.4 Å². The molecule has 0 aliphatic rings. The summed E-state index contributed by atoms with van der Waals surface area (Å²) in [5.74, 6) is 0.302. The van der Waals surface area contributed by atoms with E-state index in [4.69, 9.17) is 4.74 Å². The molecule has 0 atom stereocenters. The van der Waals surface area contributed by atoms with Gasteiger partial charge in [-0.25, -0.2) is 8.42 Å². The molecule has 0 unspecified atom stereocenters. The summed E-state index contributed by atoms with van der Waals surface area (Å²) in [6, 6.07) is 14.0. The first-order valence-electron chi connectivity index (χ1n) is 8.83. The number of fused-ring (bicyclic) bond motifs is 1. The zero-order valence-electron chi connectivity index (χ0n) is 16.1. The quantitative estimate of drug-likeness (QED) is 0.543. The lowest BCUT2D eigenvalue weighted by Gasteiger charge is -2.14. The van der Waals surface area contributed by atoms with Gasteiger partial charge in [0, 0.05) is 11.3 Å². The zero-order valence-corrected chi connectivity index (χ0v) is 16.9. The second-order valence-electron chi connectivity index (χ2n) is 6.63. The Morgan fingerprint density at radius 1 is 1.03 bits per heavy atom. The number of aromatic nitrogens is 4. The Labute approximate surface area is 168 Å². The van der Waals surface area contributed by atoms with Crippen LogP contribution in [0.2, 0.25) is 0 Å². The van der Waals surface area contributed by atoms with Gasteiger partial charge in [-0.2, -0.15) is 9.61 Å².